The number of rotatable bonds is 6. The molecule has 9 heteroatoms. The summed E-state index contributed by atoms with van der Waals surface area (Å²) in [6.45, 7) is 3.83. The summed E-state index contributed by atoms with van der Waals surface area (Å²) in [7, 11) is 0. The number of carbonyl (C=O) groups is 1. The number of allylic oxidation sites excluding steroid dienone is 1. The van der Waals surface area contributed by atoms with Gasteiger partial charge in [-0.25, -0.2) is 0 Å². The van der Waals surface area contributed by atoms with Gasteiger partial charge in [-0.1, -0.05) is 13.0 Å². The molecule has 0 aromatic heterocycles. The minimum Gasteiger partial charge on any atom is -0.396 e. The zero-order valence-corrected chi connectivity index (χ0v) is 16.2. The molecule has 1 aliphatic carbocycles. The number of aliphatic hydroxyl groups excluding tert-OH is 5. The summed E-state index contributed by atoms with van der Waals surface area (Å²) in [6, 6.07) is 0. The van der Waals surface area contributed by atoms with Crippen molar-refractivity contribution in [3.63, 3.8) is 0 Å². The van der Waals surface area contributed by atoms with Gasteiger partial charge in [-0.2, -0.15) is 0 Å². The summed E-state index contributed by atoms with van der Waals surface area (Å²) in [5.41, 5.74) is -2.30. The van der Waals surface area contributed by atoms with Crippen LogP contribution in [-0.4, -0.2) is 92.0 Å². The van der Waals surface area contributed by atoms with Crippen LogP contribution in [0.5, 0.6) is 0 Å². The number of ketones is 1. The van der Waals surface area contributed by atoms with E-state index in [2.05, 4.69) is 0 Å². The molecule has 0 bridgehead atoms. The molecule has 0 saturated carbocycles. The number of carbonyl (C=O) groups excluding carboxylic acids is 1. The van der Waals surface area contributed by atoms with Crippen LogP contribution in [0.2, 0.25) is 0 Å². The Hall–Kier alpha value is -1.17. The van der Waals surface area contributed by atoms with Crippen molar-refractivity contribution in [1.82, 2.24) is 0 Å². The first kappa shape index (κ1) is 23.1. The van der Waals surface area contributed by atoms with Crippen molar-refractivity contribution in [3.8, 4) is 0 Å². The molecule has 8 atom stereocenters. The van der Waals surface area contributed by atoms with Crippen molar-refractivity contribution in [2.24, 2.45) is 5.41 Å². The highest BCUT2D eigenvalue weighted by molar-refractivity contribution is 5.92. The van der Waals surface area contributed by atoms with Crippen LogP contribution in [-0.2, 0) is 14.3 Å². The molecule has 1 fully saturated rings. The molecule has 2 aliphatic rings. The number of hydrogen-bond donors (Lipinski definition) is 6. The molecule has 0 radical (unpaired) electrons. The Morgan fingerprint density at radius 1 is 1.29 bits per heavy atom. The van der Waals surface area contributed by atoms with Gasteiger partial charge in [0.1, 0.15) is 30.0 Å². The van der Waals surface area contributed by atoms with Gasteiger partial charge < -0.3 is 40.1 Å². The standard InChI is InChI=1S/C19H30O9/c1-10-6-12(22)7-18(3,9-21)19(10,26)5-4-11(2)27-17-16(25)15(24)14(23)13(8-20)28-17/h4-6,11,13-17,20-21,23-26H,7-9H2,1-3H3/b5-4+/t11-,13+,14+,15-,16+,17+,18-,19+/m0/s1. The van der Waals surface area contributed by atoms with Crippen LogP contribution >= 0.6 is 0 Å². The predicted molar refractivity (Wildman–Crippen MR) is 97.0 cm³/mol. The van der Waals surface area contributed by atoms with Gasteiger partial charge in [-0.3, -0.25) is 4.79 Å². The van der Waals surface area contributed by atoms with Crippen molar-refractivity contribution in [3.05, 3.63) is 23.8 Å². The molecule has 1 saturated heterocycles. The van der Waals surface area contributed by atoms with E-state index >= 15 is 0 Å². The van der Waals surface area contributed by atoms with Gasteiger partial charge in [0.15, 0.2) is 12.1 Å². The summed E-state index contributed by atoms with van der Waals surface area (Å²) in [5.74, 6) is -0.183. The van der Waals surface area contributed by atoms with Gasteiger partial charge in [0.25, 0.3) is 0 Å². The molecule has 28 heavy (non-hydrogen) atoms. The van der Waals surface area contributed by atoms with Gasteiger partial charge in [0, 0.05) is 11.8 Å². The summed E-state index contributed by atoms with van der Waals surface area (Å²) in [6.07, 6.45) is -3.44. The fourth-order valence-corrected chi connectivity index (χ4v) is 3.62. The third-order valence-electron chi connectivity index (χ3n) is 5.62. The molecule has 6 N–H and O–H groups in total. The van der Waals surface area contributed by atoms with E-state index in [9.17, 15) is 35.4 Å². The van der Waals surface area contributed by atoms with Crippen LogP contribution in [0, 0.1) is 5.41 Å². The molecule has 0 amide bonds. The molecular formula is C19H30O9. The van der Waals surface area contributed by atoms with Crippen LogP contribution in [0.25, 0.3) is 0 Å². The maximum absolute atomic E-state index is 11.8. The molecule has 0 unspecified atom stereocenters. The second-order valence-corrected chi connectivity index (χ2v) is 7.85. The van der Waals surface area contributed by atoms with E-state index in [-0.39, 0.29) is 12.2 Å². The fraction of sp³-hybridized carbons (Fsp3) is 0.737. The second-order valence-electron chi connectivity index (χ2n) is 7.85. The third kappa shape index (κ3) is 4.22. The van der Waals surface area contributed by atoms with Crippen LogP contribution < -0.4 is 0 Å². The zero-order chi connectivity index (χ0) is 21.3. The van der Waals surface area contributed by atoms with Crippen molar-refractivity contribution in [1.29, 1.82) is 0 Å². The molecule has 1 aliphatic heterocycles. The fourth-order valence-electron chi connectivity index (χ4n) is 3.62. The van der Waals surface area contributed by atoms with E-state index in [1.807, 2.05) is 0 Å². The lowest BCUT2D eigenvalue weighted by molar-refractivity contribution is -0.306. The molecule has 0 spiro atoms. The molecular weight excluding hydrogens is 372 g/mol. The number of ether oxygens (including phenoxy) is 2. The van der Waals surface area contributed by atoms with E-state index in [0.717, 1.165) is 0 Å². The zero-order valence-electron chi connectivity index (χ0n) is 16.2. The summed E-state index contributed by atoms with van der Waals surface area (Å²) in [4.78, 5) is 11.8. The summed E-state index contributed by atoms with van der Waals surface area (Å²) < 4.78 is 10.8. The van der Waals surface area contributed by atoms with Crippen molar-refractivity contribution in [2.75, 3.05) is 13.2 Å². The highest BCUT2D eigenvalue weighted by atomic mass is 16.7. The van der Waals surface area contributed by atoms with Crippen LogP contribution in [0.3, 0.4) is 0 Å². The molecule has 160 valence electrons. The highest BCUT2D eigenvalue weighted by Crippen LogP contribution is 2.44. The molecule has 9 nitrogen and oxygen atoms in total. The number of hydrogen-bond acceptors (Lipinski definition) is 9. The number of aliphatic hydroxyl groups is 6. The predicted octanol–water partition coefficient (Wildman–Crippen LogP) is -1.60. The molecule has 1 heterocycles. The molecule has 0 aromatic rings. The van der Waals surface area contributed by atoms with Gasteiger partial charge in [0.2, 0.25) is 0 Å². The highest BCUT2D eigenvalue weighted by Gasteiger charge is 2.50. The SMILES string of the molecule is CC1=CC(=O)C[C@@](C)(CO)[C@@]1(O)/C=C/[C@H](C)O[C@@H]1O[C@H](CO)[C@@H](O)[C@H](O)[C@H]1O. The minimum absolute atomic E-state index is 0.0242. The average molecular weight is 402 g/mol. The largest absolute Gasteiger partial charge is 0.396 e. The maximum atomic E-state index is 11.8. The average Bonchev–Trinajstić information content (AvgIpc) is 2.65. The Morgan fingerprint density at radius 3 is 2.50 bits per heavy atom. The topological polar surface area (TPSA) is 157 Å². The van der Waals surface area contributed by atoms with Gasteiger partial charge >= 0.3 is 0 Å². The quantitative estimate of drug-likeness (QED) is 0.288. The summed E-state index contributed by atoms with van der Waals surface area (Å²) >= 11 is 0. The third-order valence-corrected chi connectivity index (χ3v) is 5.62. The lowest BCUT2D eigenvalue weighted by Crippen LogP contribution is -2.59. The Labute approximate surface area is 163 Å². The van der Waals surface area contributed by atoms with E-state index in [0.29, 0.717) is 5.57 Å². The smallest absolute Gasteiger partial charge is 0.187 e. The van der Waals surface area contributed by atoms with Crippen LogP contribution in [0.15, 0.2) is 23.8 Å². The van der Waals surface area contributed by atoms with Gasteiger partial charge in [0.05, 0.1) is 19.3 Å². The first-order chi connectivity index (χ1) is 13.0. The lowest BCUT2D eigenvalue weighted by Gasteiger charge is -2.45. The van der Waals surface area contributed by atoms with Crippen molar-refractivity contribution in [2.45, 2.75) is 69.6 Å². The van der Waals surface area contributed by atoms with Crippen LogP contribution in [0.1, 0.15) is 27.2 Å². The van der Waals surface area contributed by atoms with Crippen LogP contribution in [0.4, 0.5) is 0 Å². The van der Waals surface area contributed by atoms with E-state index in [4.69, 9.17) is 9.47 Å². The van der Waals surface area contributed by atoms with E-state index in [1.54, 1.807) is 20.8 Å². The van der Waals surface area contributed by atoms with Gasteiger partial charge in [-0.15, -0.1) is 0 Å². The first-order valence-corrected chi connectivity index (χ1v) is 9.19. The minimum atomic E-state index is -1.58. The Kier molecular flexibility index (Phi) is 7.17. The van der Waals surface area contributed by atoms with E-state index < -0.39 is 61.0 Å². The Balaban J connectivity index is 2.15. The lowest BCUT2D eigenvalue weighted by atomic mass is 9.64. The molecule has 0 aromatic carbocycles. The molecule has 2 rings (SSSR count). The van der Waals surface area contributed by atoms with Crippen molar-refractivity contribution < 1.29 is 44.9 Å². The van der Waals surface area contributed by atoms with Crippen molar-refractivity contribution >= 4 is 5.78 Å². The second kappa shape index (κ2) is 8.68. The Morgan fingerprint density at radius 2 is 1.93 bits per heavy atom. The summed E-state index contributed by atoms with van der Waals surface area (Å²) in [5, 5.41) is 59.8. The Bertz CT molecular complexity index is 631. The monoisotopic (exact) mass is 402 g/mol. The normalized spacial score (nSPS) is 43.2. The van der Waals surface area contributed by atoms with E-state index in [1.165, 1.54) is 18.2 Å². The van der Waals surface area contributed by atoms with Gasteiger partial charge in [-0.05, 0) is 31.6 Å². The maximum Gasteiger partial charge on any atom is 0.187 e. The first-order valence-electron chi connectivity index (χ1n) is 9.19.